The number of nitrogens with zero attached hydrogens (tertiary/aromatic N) is 1. The van der Waals surface area contributed by atoms with E-state index in [4.69, 9.17) is 10.8 Å². The highest BCUT2D eigenvalue weighted by Gasteiger charge is 2.14. The molecule has 1 rings (SSSR count). The number of nitrogens with one attached hydrogen (secondary N) is 1. The Labute approximate surface area is 120 Å². The van der Waals surface area contributed by atoms with Gasteiger partial charge in [0.1, 0.15) is 0 Å². The maximum absolute atomic E-state index is 12.1. The highest BCUT2D eigenvalue weighted by molar-refractivity contribution is 5.93. The Balaban J connectivity index is 2.63. The fourth-order valence-electron chi connectivity index (χ4n) is 1.94. The fraction of sp³-hybridized carbons (Fsp3) is 0.533. The summed E-state index contributed by atoms with van der Waals surface area (Å²) in [7, 11) is 0. The lowest BCUT2D eigenvalue weighted by Gasteiger charge is -2.25. The minimum atomic E-state index is -0.0645. The van der Waals surface area contributed by atoms with Gasteiger partial charge < -0.3 is 16.2 Å². The Morgan fingerprint density at radius 2 is 2.15 bits per heavy atom. The van der Waals surface area contributed by atoms with E-state index in [1.807, 2.05) is 37.8 Å². The van der Waals surface area contributed by atoms with E-state index in [0.717, 1.165) is 11.3 Å². The van der Waals surface area contributed by atoms with E-state index >= 15 is 0 Å². The number of nitrogen functional groups attached to an aromatic ring is 1. The second-order valence-corrected chi connectivity index (χ2v) is 5.26. The van der Waals surface area contributed by atoms with Crippen molar-refractivity contribution >= 4 is 17.3 Å². The molecule has 1 amide bonds. The van der Waals surface area contributed by atoms with Crippen LogP contribution in [0.15, 0.2) is 18.2 Å². The Morgan fingerprint density at radius 3 is 2.75 bits per heavy atom. The number of aryl methyl sites for hydroxylation is 1. The van der Waals surface area contributed by atoms with Crippen LogP contribution < -0.4 is 11.1 Å². The second-order valence-electron chi connectivity index (χ2n) is 5.26. The van der Waals surface area contributed by atoms with Gasteiger partial charge in [-0.1, -0.05) is 6.07 Å². The monoisotopic (exact) mass is 279 g/mol. The number of anilines is 2. The summed E-state index contributed by atoms with van der Waals surface area (Å²) in [5, 5.41) is 11.8. The summed E-state index contributed by atoms with van der Waals surface area (Å²) in [6.45, 7) is 7.16. The van der Waals surface area contributed by atoms with Gasteiger partial charge in [-0.3, -0.25) is 9.69 Å². The van der Waals surface area contributed by atoms with Gasteiger partial charge in [-0.25, -0.2) is 0 Å². The number of hydrogen-bond donors (Lipinski definition) is 3. The van der Waals surface area contributed by atoms with Crippen molar-refractivity contribution in [1.82, 2.24) is 4.90 Å². The molecule has 0 radical (unpaired) electrons. The molecule has 1 aromatic rings. The summed E-state index contributed by atoms with van der Waals surface area (Å²) in [6.07, 6.45) is 0.669. The van der Waals surface area contributed by atoms with Crippen molar-refractivity contribution in [2.24, 2.45) is 0 Å². The molecule has 5 nitrogen and oxygen atoms in total. The van der Waals surface area contributed by atoms with Crippen LogP contribution in [-0.2, 0) is 4.79 Å². The fourth-order valence-corrected chi connectivity index (χ4v) is 1.94. The number of aliphatic hydroxyl groups is 1. The smallest absolute Gasteiger partial charge is 0.238 e. The zero-order valence-electron chi connectivity index (χ0n) is 12.5. The van der Waals surface area contributed by atoms with Crippen LogP contribution in [0.4, 0.5) is 11.4 Å². The van der Waals surface area contributed by atoms with Gasteiger partial charge in [-0.2, -0.15) is 0 Å². The van der Waals surface area contributed by atoms with Crippen molar-refractivity contribution in [2.75, 3.05) is 30.7 Å². The van der Waals surface area contributed by atoms with Gasteiger partial charge in [0.2, 0.25) is 5.91 Å². The largest absolute Gasteiger partial charge is 0.399 e. The van der Waals surface area contributed by atoms with E-state index in [-0.39, 0.29) is 18.6 Å². The van der Waals surface area contributed by atoms with E-state index in [0.29, 0.717) is 25.2 Å². The second kappa shape index (κ2) is 7.87. The summed E-state index contributed by atoms with van der Waals surface area (Å²) < 4.78 is 0. The van der Waals surface area contributed by atoms with Gasteiger partial charge in [-0.15, -0.1) is 0 Å². The van der Waals surface area contributed by atoms with Crippen molar-refractivity contribution in [3.63, 3.8) is 0 Å². The lowest BCUT2D eigenvalue weighted by molar-refractivity contribution is -0.117. The predicted octanol–water partition coefficient (Wildman–Crippen LogP) is 1.61. The predicted molar refractivity (Wildman–Crippen MR) is 82.6 cm³/mol. The molecule has 0 saturated heterocycles. The quantitative estimate of drug-likeness (QED) is 0.663. The van der Waals surface area contributed by atoms with Crippen molar-refractivity contribution in [2.45, 2.75) is 33.2 Å². The molecule has 0 fully saturated rings. The Hall–Kier alpha value is -1.59. The van der Waals surface area contributed by atoms with E-state index < -0.39 is 0 Å². The molecular weight excluding hydrogens is 254 g/mol. The molecule has 0 aromatic heterocycles. The van der Waals surface area contributed by atoms with Gasteiger partial charge in [0.15, 0.2) is 0 Å². The van der Waals surface area contributed by atoms with Gasteiger partial charge >= 0.3 is 0 Å². The summed E-state index contributed by atoms with van der Waals surface area (Å²) >= 11 is 0. The maximum atomic E-state index is 12.1. The Morgan fingerprint density at radius 1 is 1.45 bits per heavy atom. The molecule has 1 aromatic carbocycles. The number of carbonyl (C=O) groups is 1. The van der Waals surface area contributed by atoms with E-state index in [9.17, 15) is 4.79 Å². The number of aliphatic hydroxyl groups excluding tert-OH is 1. The molecule has 4 N–H and O–H groups in total. The number of amides is 1. The number of benzene rings is 1. The summed E-state index contributed by atoms with van der Waals surface area (Å²) in [5.74, 6) is -0.0645. The summed E-state index contributed by atoms with van der Waals surface area (Å²) in [6, 6.07) is 5.72. The molecule has 20 heavy (non-hydrogen) atoms. The third-order valence-electron chi connectivity index (χ3n) is 3.22. The van der Waals surface area contributed by atoms with Crippen LogP contribution in [0.5, 0.6) is 0 Å². The molecule has 112 valence electrons. The van der Waals surface area contributed by atoms with Gasteiger partial charge in [0.05, 0.1) is 6.54 Å². The van der Waals surface area contributed by atoms with Crippen molar-refractivity contribution < 1.29 is 9.90 Å². The number of hydrogen-bond acceptors (Lipinski definition) is 4. The van der Waals surface area contributed by atoms with Crippen LogP contribution in [0.1, 0.15) is 25.8 Å². The molecule has 0 unspecified atom stereocenters. The molecule has 5 heteroatoms. The Bertz CT molecular complexity index is 447. The molecule has 0 aliphatic heterocycles. The third-order valence-corrected chi connectivity index (χ3v) is 3.22. The Kier molecular flexibility index (Phi) is 6.48. The zero-order valence-corrected chi connectivity index (χ0v) is 12.5. The SMILES string of the molecule is Cc1ccc(N)cc1NC(=O)CN(CCCO)C(C)C. The first-order valence-corrected chi connectivity index (χ1v) is 6.95. The standard InChI is InChI=1S/C15H25N3O2/c1-11(2)18(7-4-8-19)10-15(20)17-14-9-13(16)6-5-12(14)3/h5-6,9,11,19H,4,7-8,10,16H2,1-3H3,(H,17,20). The average Bonchev–Trinajstić information content (AvgIpc) is 2.38. The molecule has 0 heterocycles. The number of rotatable bonds is 7. The third kappa shape index (κ3) is 5.19. The number of carbonyl (C=O) groups excluding carboxylic acids is 1. The summed E-state index contributed by atoms with van der Waals surface area (Å²) in [5.41, 5.74) is 8.10. The van der Waals surface area contributed by atoms with Crippen molar-refractivity contribution in [3.8, 4) is 0 Å². The zero-order chi connectivity index (χ0) is 15.1. The normalized spacial score (nSPS) is 11.1. The van der Waals surface area contributed by atoms with Gasteiger partial charge in [-0.05, 0) is 44.9 Å². The molecular formula is C15H25N3O2. The molecule has 0 aliphatic rings. The van der Waals surface area contributed by atoms with Crippen molar-refractivity contribution in [3.05, 3.63) is 23.8 Å². The van der Waals surface area contributed by atoms with Crippen LogP contribution >= 0.6 is 0 Å². The first kappa shape index (κ1) is 16.5. The molecule has 0 spiro atoms. The van der Waals surface area contributed by atoms with Crippen LogP contribution in [-0.4, -0.2) is 41.7 Å². The van der Waals surface area contributed by atoms with Crippen molar-refractivity contribution in [1.29, 1.82) is 0 Å². The molecule has 0 saturated carbocycles. The highest BCUT2D eigenvalue weighted by atomic mass is 16.3. The average molecular weight is 279 g/mol. The molecule has 0 atom stereocenters. The minimum absolute atomic E-state index is 0.0645. The first-order chi connectivity index (χ1) is 9.43. The number of nitrogens with two attached hydrogens (primary N) is 1. The lowest BCUT2D eigenvalue weighted by atomic mass is 10.2. The van der Waals surface area contributed by atoms with Gasteiger partial charge in [0.25, 0.3) is 0 Å². The lowest BCUT2D eigenvalue weighted by Crippen LogP contribution is -2.39. The van der Waals surface area contributed by atoms with Crippen LogP contribution in [0.2, 0.25) is 0 Å². The highest BCUT2D eigenvalue weighted by Crippen LogP contribution is 2.18. The maximum Gasteiger partial charge on any atom is 0.238 e. The molecule has 0 aliphatic carbocycles. The minimum Gasteiger partial charge on any atom is -0.399 e. The first-order valence-electron chi connectivity index (χ1n) is 6.95. The topological polar surface area (TPSA) is 78.6 Å². The van der Waals surface area contributed by atoms with E-state index in [1.165, 1.54) is 0 Å². The van der Waals surface area contributed by atoms with Gasteiger partial charge in [0, 0.05) is 30.6 Å². The summed E-state index contributed by atoms with van der Waals surface area (Å²) in [4.78, 5) is 14.1. The molecule has 0 bridgehead atoms. The van der Waals surface area contributed by atoms with E-state index in [1.54, 1.807) is 6.07 Å². The van der Waals surface area contributed by atoms with Crippen LogP contribution in [0, 0.1) is 6.92 Å². The van der Waals surface area contributed by atoms with Crippen LogP contribution in [0.25, 0.3) is 0 Å². The van der Waals surface area contributed by atoms with Crippen LogP contribution in [0.3, 0.4) is 0 Å². The van der Waals surface area contributed by atoms with E-state index in [2.05, 4.69) is 5.32 Å².